The van der Waals surface area contributed by atoms with Gasteiger partial charge in [0.25, 0.3) is 0 Å². The van der Waals surface area contributed by atoms with Crippen LogP contribution in [0.15, 0.2) is 3.92 Å². The first-order valence-corrected chi connectivity index (χ1v) is 5.23. The average molecular weight is 250 g/mol. The zero-order chi connectivity index (χ0) is 8.60. The van der Waals surface area contributed by atoms with Crippen molar-refractivity contribution < 1.29 is 5.11 Å². The van der Waals surface area contributed by atoms with Gasteiger partial charge in [0.1, 0.15) is 0 Å². The molecule has 1 aromatic rings. The summed E-state index contributed by atoms with van der Waals surface area (Å²) in [7, 11) is 0. The second-order valence-electron chi connectivity index (χ2n) is 2.92. The minimum atomic E-state index is -0.0982. The maximum atomic E-state index is 9.01. The molecule has 0 spiro atoms. The molecule has 1 aromatic heterocycles. The molecule has 66 valence electrons. The highest BCUT2D eigenvalue weighted by Crippen LogP contribution is 2.39. The van der Waals surface area contributed by atoms with E-state index < -0.39 is 0 Å². The maximum absolute atomic E-state index is 9.01. The van der Waals surface area contributed by atoms with Crippen molar-refractivity contribution in [2.24, 2.45) is 0 Å². The molecule has 1 saturated carbocycles. The second-order valence-corrected chi connectivity index (χ2v) is 5.18. The van der Waals surface area contributed by atoms with Gasteiger partial charge in [0.15, 0.2) is 3.92 Å². The highest BCUT2D eigenvalue weighted by atomic mass is 79.9. The first-order chi connectivity index (χ1) is 5.74. The van der Waals surface area contributed by atoms with Gasteiger partial charge in [-0.2, -0.15) is 0 Å². The van der Waals surface area contributed by atoms with E-state index >= 15 is 0 Å². The standard InChI is InChI=1S/C6H8BrN3OS/c7-4-9-10-5(12-4)8-6(3-11)1-2-6/h11H,1-3H2,(H,8,10). The molecule has 0 amide bonds. The number of halogens is 1. The molecule has 0 atom stereocenters. The van der Waals surface area contributed by atoms with E-state index in [4.69, 9.17) is 5.11 Å². The van der Waals surface area contributed by atoms with Gasteiger partial charge in [-0.05, 0) is 28.8 Å². The molecule has 0 aromatic carbocycles. The number of anilines is 1. The van der Waals surface area contributed by atoms with Crippen molar-refractivity contribution in [1.82, 2.24) is 10.2 Å². The fourth-order valence-electron chi connectivity index (χ4n) is 0.956. The Morgan fingerprint density at radius 2 is 2.33 bits per heavy atom. The van der Waals surface area contributed by atoms with Crippen LogP contribution in [-0.4, -0.2) is 27.4 Å². The van der Waals surface area contributed by atoms with Crippen LogP contribution < -0.4 is 5.32 Å². The van der Waals surface area contributed by atoms with Crippen LogP contribution >= 0.6 is 27.3 Å². The molecule has 0 bridgehead atoms. The average Bonchev–Trinajstić information content (AvgIpc) is 2.71. The molecule has 12 heavy (non-hydrogen) atoms. The molecule has 0 aliphatic heterocycles. The van der Waals surface area contributed by atoms with E-state index in [9.17, 15) is 0 Å². The smallest absolute Gasteiger partial charge is 0.206 e. The molecular formula is C6H8BrN3OS. The summed E-state index contributed by atoms with van der Waals surface area (Å²) in [5, 5.41) is 20.6. The topological polar surface area (TPSA) is 58.0 Å². The van der Waals surface area contributed by atoms with Gasteiger partial charge in [-0.25, -0.2) is 0 Å². The summed E-state index contributed by atoms with van der Waals surface area (Å²) in [6, 6.07) is 0. The third kappa shape index (κ3) is 1.60. The summed E-state index contributed by atoms with van der Waals surface area (Å²) in [5.41, 5.74) is -0.0982. The minimum absolute atomic E-state index is 0.0982. The molecule has 1 fully saturated rings. The lowest BCUT2D eigenvalue weighted by atomic mass is 10.3. The van der Waals surface area contributed by atoms with Crippen molar-refractivity contribution in [2.75, 3.05) is 11.9 Å². The zero-order valence-corrected chi connectivity index (χ0v) is 8.65. The predicted octanol–water partition coefficient (Wildman–Crippen LogP) is 1.24. The van der Waals surface area contributed by atoms with E-state index in [-0.39, 0.29) is 12.1 Å². The number of nitrogens with zero attached hydrogens (tertiary/aromatic N) is 2. The van der Waals surface area contributed by atoms with Gasteiger partial charge >= 0.3 is 0 Å². The quantitative estimate of drug-likeness (QED) is 0.847. The van der Waals surface area contributed by atoms with Gasteiger partial charge in [0, 0.05) is 0 Å². The van der Waals surface area contributed by atoms with Crippen LogP contribution in [0, 0.1) is 0 Å². The van der Waals surface area contributed by atoms with Gasteiger partial charge in [-0.15, -0.1) is 10.2 Å². The molecule has 2 N–H and O–H groups in total. The van der Waals surface area contributed by atoms with E-state index in [1.54, 1.807) is 0 Å². The Balaban J connectivity index is 2.04. The molecule has 0 unspecified atom stereocenters. The van der Waals surface area contributed by atoms with E-state index in [1.807, 2.05) is 0 Å². The van der Waals surface area contributed by atoms with Crippen LogP contribution in [0.4, 0.5) is 5.13 Å². The first-order valence-electron chi connectivity index (χ1n) is 3.62. The van der Waals surface area contributed by atoms with E-state index in [0.29, 0.717) is 0 Å². The lowest BCUT2D eigenvalue weighted by Crippen LogP contribution is -2.25. The largest absolute Gasteiger partial charge is 0.394 e. The third-order valence-corrected chi connectivity index (χ3v) is 3.20. The Bertz CT molecular complexity index is 286. The minimum Gasteiger partial charge on any atom is -0.394 e. The van der Waals surface area contributed by atoms with Crippen molar-refractivity contribution in [1.29, 1.82) is 0 Å². The van der Waals surface area contributed by atoms with Crippen molar-refractivity contribution >= 4 is 32.4 Å². The van der Waals surface area contributed by atoms with E-state index in [0.717, 1.165) is 21.9 Å². The van der Waals surface area contributed by atoms with Crippen molar-refractivity contribution in [3.05, 3.63) is 3.92 Å². The summed E-state index contributed by atoms with van der Waals surface area (Å²) >= 11 is 4.67. The fraction of sp³-hybridized carbons (Fsp3) is 0.667. The second kappa shape index (κ2) is 2.93. The van der Waals surface area contributed by atoms with Crippen LogP contribution in [0.2, 0.25) is 0 Å². The van der Waals surface area contributed by atoms with Crippen LogP contribution in [-0.2, 0) is 0 Å². The number of hydrogen-bond acceptors (Lipinski definition) is 5. The normalized spacial score (nSPS) is 19.2. The summed E-state index contributed by atoms with van der Waals surface area (Å²) < 4.78 is 0.763. The van der Waals surface area contributed by atoms with Crippen LogP contribution in [0.5, 0.6) is 0 Å². The summed E-state index contributed by atoms with van der Waals surface area (Å²) in [4.78, 5) is 0. The van der Waals surface area contributed by atoms with Gasteiger partial charge in [0.2, 0.25) is 5.13 Å². The van der Waals surface area contributed by atoms with Gasteiger partial charge < -0.3 is 10.4 Å². The number of aliphatic hydroxyl groups is 1. The molecule has 1 aliphatic rings. The third-order valence-electron chi connectivity index (χ3n) is 1.93. The number of rotatable bonds is 3. The Morgan fingerprint density at radius 1 is 1.58 bits per heavy atom. The highest BCUT2D eigenvalue weighted by Gasteiger charge is 2.42. The number of aliphatic hydroxyl groups excluding tert-OH is 1. The molecule has 1 aliphatic carbocycles. The van der Waals surface area contributed by atoms with Crippen LogP contribution in [0.25, 0.3) is 0 Å². The Hall–Kier alpha value is -0.200. The Kier molecular flexibility index (Phi) is 2.05. The first kappa shape index (κ1) is 8.40. The molecule has 6 heteroatoms. The van der Waals surface area contributed by atoms with Gasteiger partial charge in [-0.3, -0.25) is 0 Å². The zero-order valence-electron chi connectivity index (χ0n) is 6.25. The monoisotopic (exact) mass is 249 g/mol. The van der Waals surface area contributed by atoms with Crippen molar-refractivity contribution in [2.45, 2.75) is 18.4 Å². The van der Waals surface area contributed by atoms with Gasteiger partial charge in [-0.1, -0.05) is 11.3 Å². The number of nitrogens with one attached hydrogen (secondary N) is 1. The summed E-state index contributed by atoms with van der Waals surface area (Å²) in [6.45, 7) is 0.171. The highest BCUT2D eigenvalue weighted by molar-refractivity contribution is 9.11. The molecule has 0 radical (unpaired) electrons. The maximum Gasteiger partial charge on any atom is 0.206 e. The summed E-state index contributed by atoms with van der Waals surface area (Å²) in [5.74, 6) is 0. The molecule has 1 heterocycles. The van der Waals surface area contributed by atoms with Crippen molar-refractivity contribution in [3.8, 4) is 0 Å². The van der Waals surface area contributed by atoms with E-state index in [1.165, 1.54) is 11.3 Å². The SMILES string of the molecule is OCC1(Nc2nnc(Br)s2)CC1. The van der Waals surface area contributed by atoms with Crippen LogP contribution in [0.1, 0.15) is 12.8 Å². The van der Waals surface area contributed by atoms with Crippen molar-refractivity contribution in [3.63, 3.8) is 0 Å². The molecule has 2 rings (SSSR count). The molecular weight excluding hydrogens is 242 g/mol. The molecule has 0 saturated heterocycles. The number of hydrogen-bond donors (Lipinski definition) is 2. The fourth-order valence-corrected chi connectivity index (χ4v) is 2.09. The van der Waals surface area contributed by atoms with E-state index in [2.05, 4.69) is 31.4 Å². The number of aromatic nitrogens is 2. The lowest BCUT2D eigenvalue weighted by Gasteiger charge is -2.11. The predicted molar refractivity (Wildman–Crippen MR) is 50.3 cm³/mol. The van der Waals surface area contributed by atoms with Gasteiger partial charge in [0.05, 0.1) is 12.1 Å². The lowest BCUT2D eigenvalue weighted by molar-refractivity contribution is 0.266. The van der Waals surface area contributed by atoms with Crippen LogP contribution in [0.3, 0.4) is 0 Å². The summed E-state index contributed by atoms with van der Waals surface area (Å²) in [6.07, 6.45) is 2.03. The molecule has 4 nitrogen and oxygen atoms in total. The Morgan fingerprint density at radius 3 is 2.75 bits per heavy atom. The Labute approximate surface area is 82.1 Å².